The van der Waals surface area contributed by atoms with E-state index in [-0.39, 0.29) is 0 Å². The van der Waals surface area contributed by atoms with Crippen molar-refractivity contribution >= 4 is 22.4 Å². The molecule has 1 heterocycles. The van der Waals surface area contributed by atoms with E-state index < -0.39 is 0 Å². The van der Waals surface area contributed by atoms with Gasteiger partial charge in [-0.1, -0.05) is 17.7 Å². The molecular weight excluding hydrogens is 158 g/mol. The quantitative estimate of drug-likeness (QED) is 0.568. The van der Waals surface area contributed by atoms with E-state index in [0.717, 1.165) is 15.8 Å². The number of hydrogen-bond acceptors (Lipinski definition) is 0. The molecule has 11 heavy (non-hydrogen) atoms. The summed E-state index contributed by atoms with van der Waals surface area (Å²) < 4.78 is 0. The molecule has 0 saturated carbocycles. The van der Waals surface area contributed by atoms with E-state index in [9.17, 15) is 0 Å². The maximum Gasteiger partial charge on any atom is 0.174 e. The van der Waals surface area contributed by atoms with Crippen LogP contribution in [0.5, 0.6) is 0 Å². The Morgan fingerprint density at radius 3 is 2.91 bits per heavy atom. The van der Waals surface area contributed by atoms with E-state index >= 15 is 0 Å². The molecule has 1 aromatic carbocycles. The number of hydrogen-bond donors (Lipinski definition) is 0. The molecule has 0 spiro atoms. The lowest BCUT2D eigenvalue weighted by Gasteiger charge is -1.93. The SMILES string of the molecule is Clc1cccc2c[nH+]ccc12. The molecule has 0 saturated heterocycles. The Kier molecular flexibility index (Phi) is 1.51. The van der Waals surface area contributed by atoms with Gasteiger partial charge in [0.25, 0.3) is 0 Å². The Balaban J connectivity index is 2.91. The molecule has 0 aliphatic rings. The zero-order valence-electron chi connectivity index (χ0n) is 5.84. The maximum absolute atomic E-state index is 5.94. The zero-order chi connectivity index (χ0) is 7.68. The molecule has 0 fully saturated rings. The van der Waals surface area contributed by atoms with Crippen LogP contribution in [0.25, 0.3) is 10.8 Å². The van der Waals surface area contributed by atoms with Gasteiger partial charge in [0.05, 0.1) is 0 Å². The minimum Gasteiger partial charge on any atom is -0.217 e. The smallest absolute Gasteiger partial charge is 0.174 e. The Morgan fingerprint density at radius 1 is 1.18 bits per heavy atom. The van der Waals surface area contributed by atoms with Crippen molar-refractivity contribution in [3.63, 3.8) is 0 Å². The second kappa shape index (κ2) is 2.51. The van der Waals surface area contributed by atoms with Crippen molar-refractivity contribution in [3.8, 4) is 0 Å². The van der Waals surface area contributed by atoms with Crippen LogP contribution in [0.1, 0.15) is 0 Å². The summed E-state index contributed by atoms with van der Waals surface area (Å²) in [6.07, 6.45) is 3.80. The first-order chi connectivity index (χ1) is 5.38. The summed E-state index contributed by atoms with van der Waals surface area (Å²) in [5.74, 6) is 0. The lowest BCUT2D eigenvalue weighted by Crippen LogP contribution is -1.96. The molecule has 2 heteroatoms. The van der Waals surface area contributed by atoms with Gasteiger partial charge in [0.15, 0.2) is 12.4 Å². The van der Waals surface area contributed by atoms with Crippen LogP contribution in [0.3, 0.4) is 0 Å². The van der Waals surface area contributed by atoms with Crippen LogP contribution in [0.4, 0.5) is 0 Å². The first-order valence-electron chi connectivity index (χ1n) is 3.42. The fourth-order valence-corrected chi connectivity index (χ4v) is 1.37. The number of H-pyrrole nitrogens is 1. The summed E-state index contributed by atoms with van der Waals surface area (Å²) in [7, 11) is 0. The van der Waals surface area contributed by atoms with Crippen LogP contribution in [0.2, 0.25) is 5.02 Å². The number of aromatic nitrogens is 1. The van der Waals surface area contributed by atoms with Crippen molar-refractivity contribution in [1.82, 2.24) is 0 Å². The molecule has 1 N–H and O–H groups in total. The Labute approximate surface area is 69.6 Å². The first kappa shape index (κ1) is 6.62. The van der Waals surface area contributed by atoms with Gasteiger partial charge in [-0.15, -0.1) is 0 Å². The predicted octanol–water partition coefficient (Wildman–Crippen LogP) is 2.31. The molecule has 1 nitrogen and oxygen atoms in total. The summed E-state index contributed by atoms with van der Waals surface area (Å²) in [5.41, 5.74) is 0. The van der Waals surface area contributed by atoms with Gasteiger partial charge in [-0.3, -0.25) is 0 Å². The Morgan fingerprint density at radius 2 is 2.09 bits per heavy atom. The van der Waals surface area contributed by atoms with Crippen LogP contribution < -0.4 is 4.98 Å². The molecule has 1 aromatic heterocycles. The van der Waals surface area contributed by atoms with Crippen LogP contribution in [-0.2, 0) is 0 Å². The van der Waals surface area contributed by atoms with Gasteiger partial charge in [-0.25, -0.2) is 4.98 Å². The van der Waals surface area contributed by atoms with Crippen molar-refractivity contribution < 1.29 is 4.98 Å². The molecule has 0 bridgehead atoms. The van der Waals surface area contributed by atoms with E-state index in [1.54, 1.807) is 0 Å². The second-order valence-electron chi connectivity index (χ2n) is 2.39. The number of halogens is 1. The van der Waals surface area contributed by atoms with Gasteiger partial charge in [-0.2, -0.15) is 0 Å². The van der Waals surface area contributed by atoms with E-state index in [0.29, 0.717) is 0 Å². The van der Waals surface area contributed by atoms with E-state index in [4.69, 9.17) is 11.6 Å². The van der Waals surface area contributed by atoms with Gasteiger partial charge >= 0.3 is 0 Å². The fraction of sp³-hybridized carbons (Fsp3) is 0. The third kappa shape index (κ3) is 1.08. The van der Waals surface area contributed by atoms with Crippen LogP contribution >= 0.6 is 11.6 Å². The highest BCUT2D eigenvalue weighted by molar-refractivity contribution is 6.35. The molecule has 0 aliphatic heterocycles. The third-order valence-corrected chi connectivity index (χ3v) is 2.00. The lowest BCUT2D eigenvalue weighted by atomic mass is 10.2. The second-order valence-corrected chi connectivity index (χ2v) is 2.79. The molecule has 0 radical (unpaired) electrons. The van der Waals surface area contributed by atoms with E-state index in [1.807, 2.05) is 36.7 Å². The fourth-order valence-electron chi connectivity index (χ4n) is 1.12. The highest BCUT2D eigenvalue weighted by Crippen LogP contribution is 2.20. The van der Waals surface area contributed by atoms with Crippen molar-refractivity contribution in [2.24, 2.45) is 0 Å². The summed E-state index contributed by atoms with van der Waals surface area (Å²) in [5, 5.41) is 3.03. The number of aromatic amines is 1. The van der Waals surface area contributed by atoms with Crippen molar-refractivity contribution in [3.05, 3.63) is 41.7 Å². The molecule has 0 atom stereocenters. The van der Waals surface area contributed by atoms with Gasteiger partial charge in [0, 0.05) is 21.9 Å². The minimum absolute atomic E-state index is 0.802. The van der Waals surface area contributed by atoms with Crippen LogP contribution in [0, 0.1) is 0 Å². The van der Waals surface area contributed by atoms with Gasteiger partial charge in [0.1, 0.15) is 0 Å². The van der Waals surface area contributed by atoms with Crippen molar-refractivity contribution in [2.45, 2.75) is 0 Å². The number of benzene rings is 1. The summed E-state index contributed by atoms with van der Waals surface area (Å²) in [4.78, 5) is 3.00. The molecule has 2 rings (SSSR count). The molecule has 0 aliphatic carbocycles. The van der Waals surface area contributed by atoms with Gasteiger partial charge in [0.2, 0.25) is 0 Å². The lowest BCUT2D eigenvalue weighted by molar-refractivity contribution is -0.375. The Bertz CT molecular complexity index is 379. The minimum atomic E-state index is 0.802. The topological polar surface area (TPSA) is 14.1 Å². The molecule has 0 amide bonds. The largest absolute Gasteiger partial charge is 0.217 e. The van der Waals surface area contributed by atoms with Crippen LogP contribution in [0.15, 0.2) is 36.7 Å². The Hall–Kier alpha value is -1.08. The van der Waals surface area contributed by atoms with Crippen LogP contribution in [-0.4, -0.2) is 0 Å². The molecule has 54 valence electrons. The van der Waals surface area contributed by atoms with Gasteiger partial charge in [-0.05, 0) is 12.1 Å². The normalized spacial score (nSPS) is 10.3. The summed E-state index contributed by atoms with van der Waals surface area (Å²) in [6.45, 7) is 0. The highest BCUT2D eigenvalue weighted by atomic mass is 35.5. The van der Waals surface area contributed by atoms with Crippen molar-refractivity contribution in [1.29, 1.82) is 0 Å². The molecule has 2 aromatic rings. The maximum atomic E-state index is 5.94. The molecule has 0 unspecified atom stereocenters. The van der Waals surface area contributed by atoms with E-state index in [1.165, 1.54) is 0 Å². The highest BCUT2D eigenvalue weighted by Gasteiger charge is 1.97. The van der Waals surface area contributed by atoms with E-state index in [2.05, 4.69) is 4.98 Å². The summed E-state index contributed by atoms with van der Waals surface area (Å²) >= 11 is 5.94. The monoisotopic (exact) mass is 164 g/mol. The summed E-state index contributed by atoms with van der Waals surface area (Å²) in [6, 6.07) is 7.83. The average molecular weight is 165 g/mol. The standard InChI is InChI=1S/C9H6ClN/c10-9-3-1-2-7-6-11-5-4-8(7)9/h1-6H/p+1. The van der Waals surface area contributed by atoms with Crippen molar-refractivity contribution in [2.75, 3.05) is 0 Å². The number of fused-ring (bicyclic) bond motifs is 1. The number of nitrogens with one attached hydrogen (secondary N) is 1. The number of pyridine rings is 1. The third-order valence-electron chi connectivity index (χ3n) is 1.67. The first-order valence-corrected chi connectivity index (χ1v) is 3.80. The zero-order valence-corrected chi connectivity index (χ0v) is 6.60. The van der Waals surface area contributed by atoms with Gasteiger partial charge < -0.3 is 0 Å². The predicted molar refractivity (Wildman–Crippen MR) is 45.5 cm³/mol. The number of rotatable bonds is 0. The average Bonchev–Trinajstić information content (AvgIpc) is 2.06. The molecular formula is C9H7ClN+.